The fourth-order valence-corrected chi connectivity index (χ4v) is 4.77. The van der Waals surface area contributed by atoms with Gasteiger partial charge in [-0.05, 0) is 56.0 Å². The Labute approximate surface area is 277 Å². The number of rotatable bonds is 12. The first-order valence-electron chi connectivity index (χ1n) is 14.7. The maximum absolute atomic E-state index is 14.1. The molecule has 0 bridgehead atoms. The van der Waals surface area contributed by atoms with Crippen LogP contribution >= 0.6 is 0 Å². The number of fused-ring (bicyclic) bond motifs is 1. The van der Waals surface area contributed by atoms with Crippen LogP contribution in [0, 0.1) is 36.8 Å². The first-order valence-corrected chi connectivity index (χ1v) is 14.7. The van der Waals surface area contributed by atoms with Gasteiger partial charge in [-0.15, -0.1) is 0 Å². The Morgan fingerprint density at radius 1 is 1.06 bits per heavy atom. The number of halogens is 5. The van der Waals surface area contributed by atoms with Crippen molar-refractivity contribution < 1.29 is 51.3 Å². The third kappa shape index (κ3) is 10.4. The molecule has 2 heterocycles. The average molecular weight is 690 g/mol. The van der Waals surface area contributed by atoms with Gasteiger partial charge in [-0.3, -0.25) is 14.1 Å². The highest BCUT2D eigenvalue weighted by Crippen LogP contribution is 2.26. The zero-order valence-corrected chi connectivity index (χ0v) is 26.3. The Bertz CT molecular complexity index is 1800. The lowest BCUT2D eigenvalue weighted by Crippen LogP contribution is -2.46. The highest BCUT2D eigenvalue weighted by atomic mass is 19.4. The predicted molar refractivity (Wildman–Crippen MR) is 165 cm³/mol. The third-order valence-electron chi connectivity index (χ3n) is 7.09. The van der Waals surface area contributed by atoms with Gasteiger partial charge >= 0.3 is 18.2 Å². The summed E-state index contributed by atoms with van der Waals surface area (Å²) in [4.78, 5) is 40.4. The van der Waals surface area contributed by atoms with E-state index in [-0.39, 0.29) is 43.1 Å². The number of unbranched alkanes of at least 4 members (excludes halogenated alkanes) is 1. The normalized spacial score (nSPS) is 11.6. The van der Waals surface area contributed by atoms with Crippen molar-refractivity contribution in [3.8, 4) is 11.8 Å². The van der Waals surface area contributed by atoms with Crippen LogP contribution in [0.5, 0.6) is 5.75 Å². The molecule has 2 aromatic carbocycles. The number of amides is 2. The maximum Gasteiger partial charge on any atom is 0.490 e. The fourth-order valence-electron chi connectivity index (χ4n) is 4.77. The molecule has 16 heteroatoms. The lowest BCUT2D eigenvalue weighted by atomic mass is 10.1. The Balaban J connectivity index is 0.000000838. The topological polar surface area (TPSA) is 157 Å². The molecule has 0 aliphatic carbocycles. The second kappa shape index (κ2) is 16.9. The number of aromatic nitrogens is 2. The van der Waals surface area contributed by atoms with Crippen molar-refractivity contribution in [1.29, 1.82) is 5.26 Å². The molecule has 0 saturated carbocycles. The van der Waals surface area contributed by atoms with Crippen LogP contribution in [-0.4, -0.2) is 61.2 Å². The zero-order chi connectivity index (χ0) is 36.3. The van der Waals surface area contributed by atoms with Crippen molar-refractivity contribution in [3.05, 3.63) is 101 Å². The fraction of sp³-hybridized carbons (Fsp3) is 0.303. The molecule has 2 aromatic heterocycles. The van der Waals surface area contributed by atoms with E-state index in [0.29, 0.717) is 29.7 Å². The van der Waals surface area contributed by atoms with Crippen molar-refractivity contribution in [3.63, 3.8) is 0 Å². The number of nitriles is 1. The van der Waals surface area contributed by atoms with E-state index in [4.69, 9.17) is 19.9 Å². The molecule has 49 heavy (non-hydrogen) atoms. The van der Waals surface area contributed by atoms with Gasteiger partial charge in [-0.1, -0.05) is 36.4 Å². The smallest absolute Gasteiger partial charge is 0.485 e. The minimum absolute atomic E-state index is 0.0117. The van der Waals surface area contributed by atoms with Crippen molar-refractivity contribution in [1.82, 2.24) is 19.6 Å². The number of hydrogen-bond donors (Lipinski definition) is 3. The van der Waals surface area contributed by atoms with Crippen molar-refractivity contribution in [2.45, 2.75) is 58.5 Å². The maximum atomic E-state index is 14.1. The summed E-state index contributed by atoms with van der Waals surface area (Å²) in [5.41, 5.74) is 2.19. The Morgan fingerprint density at radius 2 is 1.69 bits per heavy atom. The van der Waals surface area contributed by atoms with Crippen LogP contribution in [0.1, 0.15) is 52.1 Å². The number of carbonyl (C=O) groups is 3. The number of hydrogen-bond acceptors (Lipinski definition) is 6. The molecule has 0 aliphatic rings. The van der Waals surface area contributed by atoms with E-state index in [1.54, 1.807) is 30.5 Å². The van der Waals surface area contributed by atoms with Gasteiger partial charge in [0.05, 0.1) is 23.4 Å². The summed E-state index contributed by atoms with van der Waals surface area (Å²) in [5, 5.41) is 29.0. The number of ether oxygens (including phenoxy) is 1. The van der Waals surface area contributed by atoms with E-state index >= 15 is 0 Å². The number of aliphatic carboxylic acids is 1. The van der Waals surface area contributed by atoms with Gasteiger partial charge in [-0.2, -0.15) is 18.4 Å². The minimum atomic E-state index is -5.08. The predicted octanol–water partition coefficient (Wildman–Crippen LogP) is 6.41. The monoisotopic (exact) mass is 689 g/mol. The Kier molecular flexibility index (Phi) is 13.0. The molecule has 2 amide bonds. The van der Waals surface area contributed by atoms with E-state index in [0.717, 1.165) is 17.7 Å². The largest absolute Gasteiger partial charge is 0.490 e. The van der Waals surface area contributed by atoms with Crippen LogP contribution in [0.15, 0.2) is 60.8 Å². The van der Waals surface area contributed by atoms with Gasteiger partial charge in [0.25, 0.3) is 5.91 Å². The quantitative estimate of drug-likeness (QED) is 0.114. The number of carboxylic acids is 1. The minimum Gasteiger partial charge on any atom is -0.485 e. The molecule has 11 nitrogen and oxygen atoms in total. The summed E-state index contributed by atoms with van der Waals surface area (Å²) >= 11 is 0. The molecule has 0 radical (unpaired) electrons. The van der Waals surface area contributed by atoms with Gasteiger partial charge in [0.15, 0.2) is 11.4 Å². The summed E-state index contributed by atoms with van der Waals surface area (Å²) in [6, 6.07) is 15.9. The number of carbonyl (C=O) groups excluding carboxylic acids is 1. The van der Waals surface area contributed by atoms with Crippen LogP contribution in [0.25, 0.3) is 5.65 Å². The molecular formula is C33H32F5N5O6. The number of carboxylic acid groups (broad SMARTS) is 2. The lowest BCUT2D eigenvalue weighted by molar-refractivity contribution is -0.192. The SMILES string of the molecule is Cc1cc(OCc2c(F)cccc2F)c2nc(C)c(C(=O)NCC(CCCC#N)N(Cc3ccccc3)C(=O)O)n2c1.O=C(O)C(F)(F)F. The molecule has 0 fully saturated rings. The number of imidazole rings is 1. The number of aryl methyl sites for hydroxylation is 2. The summed E-state index contributed by atoms with van der Waals surface area (Å²) in [6.45, 7) is 3.20. The molecule has 4 rings (SSSR count). The third-order valence-corrected chi connectivity index (χ3v) is 7.09. The van der Waals surface area contributed by atoms with Crippen molar-refractivity contribution in [2.24, 2.45) is 0 Å². The molecule has 1 unspecified atom stereocenters. The highest BCUT2D eigenvalue weighted by molar-refractivity contribution is 5.95. The zero-order valence-electron chi connectivity index (χ0n) is 26.3. The number of alkyl halides is 3. The van der Waals surface area contributed by atoms with Crippen LogP contribution in [0.4, 0.5) is 26.7 Å². The number of benzene rings is 2. The summed E-state index contributed by atoms with van der Waals surface area (Å²) < 4.78 is 67.4. The number of pyridine rings is 1. The van der Waals surface area contributed by atoms with E-state index in [2.05, 4.69) is 16.4 Å². The van der Waals surface area contributed by atoms with Crippen molar-refractivity contribution >= 4 is 23.6 Å². The van der Waals surface area contributed by atoms with Crippen LogP contribution in [0.3, 0.4) is 0 Å². The molecule has 1 atom stereocenters. The van der Waals surface area contributed by atoms with Crippen LogP contribution in [0.2, 0.25) is 0 Å². The van der Waals surface area contributed by atoms with Crippen LogP contribution in [-0.2, 0) is 17.9 Å². The first kappa shape index (κ1) is 37.7. The number of nitrogens with zero attached hydrogens (tertiary/aromatic N) is 4. The van der Waals surface area contributed by atoms with Gasteiger partial charge in [0.1, 0.15) is 23.9 Å². The Hall–Kier alpha value is -5.72. The Morgan fingerprint density at radius 3 is 2.27 bits per heavy atom. The summed E-state index contributed by atoms with van der Waals surface area (Å²) in [7, 11) is 0. The van der Waals surface area contributed by atoms with E-state index in [1.165, 1.54) is 11.0 Å². The second-order valence-corrected chi connectivity index (χ2v) is 10.7. The molecule has 0 spiro atoms. The van der Waals surface area contributed by atoms with Gasteiger partial charge < -0.3 is 20.3 Å². The second-order valence-electron chi connectivity index (χ2n) is 10.7. The number of nitrogens with one attached hydrogen (secondary N) is 1. The highest BCUT2D eigenvalue weighted by Gasteiger charge is 2.38. The molecular weight excluding hydrogens is 657 g/mol. The molecule has 0 aliphatic heterocycles. The summed E-state index contributed by atoms with van der Waals surface area (Å²) in [5.74, 6) is -4.45. The van der Waals surface area contributed by atoms with Gasteiger partial charge in [-0.25, -0.2) is 23.4 Å². The summed E-state index contributed by atoms with van der Waals surface area (Å²) in [6.07, 6.45) is -3.42. The first-order chi connectivity index (χ1) is 23.1. The molecule has 4 aromatic rings. The van der Waals surface area contributed by atoms with E-state index < -0.39 is 41.8 Å². The van der Waals surface area contributed by atoms with E-state index in [1.807, 2.05) is 30.3 Å². The molecule has 260 valence electrons. The van der Waals surface area contributed by atoms with Gasteiger partial charge in [0.2, 0.25) is 0 Å². The average Bonchev–Trinajstić information content (AvgIpc) is 3.37. The lowest BCUT2D eigenvalue weighted by Gasteiger charge is -2.30. The van der Waals surface area contributed by atoms with Crippen LogP contribution < -0.4 is 10.1 Å². The molecule has 0 saturated heterocycles. The van der Waals surface area contributed by atoms with Gasteiger partial charge in [0, 0.05) is 25.7 Å². The van der Waals surface area contributed by atoms with E-state index in [9.17, 15) is 36.6 Å². The standard InChI is InChI=1S/C31H31F2N5O4.C2HF3O2/c1-20-15-27(42-19-24-25(32)12-8-13-26(24)33)29-36-21(2)28(38(29)17-20)30(39)35-16-23(11-6-7-14-34)37(31(40)41)18-22-9-4-3-5-10-22;3-2(4,5)1(6)7/h3-5,8-10,12-13,15,17,23H,6-7,11,16,18-19H2,1-2H3,(H,35,39)(H,40,41);(H,6,7). The molecule has 3 N–H and O–H groups in total. The van der Waals surface area contributed by atoms with Crippen molar-refractivity contribution in [2.75, 3.05) is 6.54 Å².